The van der Waals surface area contributed by atoms with Crippen molar-refractivity contribution >= 4 is 16.5 Å². The standard InChI is InChI=1S/C8H10O2Si/c9-6-8(11)10-7-4-2-1-3-5-7/h1-6,8H,11H3. The zero-order chi connectivity index (χ0) is 8.10. The van der Waals surface area contributed by atoms with Gasteiger partial charge in [-0.15, -0.1) is 0 Å². The Kier molecular flexibility index (Phi) is 2.86. The molecule has 0 aliphatic heterocycles. The Morgan fingerprint density at radius 2 is 2.00 bits per heavy atom. The van der Waals surface area contributed by atoms with E-state index in [4.69, 9.17) is 4.74 Å². The minimum absolute atomic E-state index is 0.225. The molecule has 2 nitrogen and oxygen atoms in total. The fraction of sp³-hybridized carbons (Fsp3) is 0.125. The van der Waals surface area contributed by atoms with Gasteiger partial charge in [0.15, 0.2) is 6.29 Å². The van der Waals surface area contributed by atoms with Crippen LogP contribution < -0.4 is 4.74 Å². The van der Waals surface area contributed by atoms with Crippen molar-refractivity contribution in [3.63, 3.8) is 0 Å². The van der Waals surface area contributed by atoms with Crippen LogP contribution in [-0.4, -0.2) is 22.3 Å². The molecule has 0 aliphatic carbocycles. The number of hydrogen-bond donors (Lipinski definition) is 0. The summed E-state index contributed by atoms with van der Waals surface area (Å²) in [4.78, 5) is 10.2. The summed E-state index contributed by atoms with van der Waals surface area (Å²) in [6.45, 7) is 0. The second kappa shape index (κ2) is 3.93. The van der Waals surface area contributed by atoms with Gasteiger partial charge in [0.1, 0.15) is 11.5 Å². The lowest BCUT2D eigenvalue weighted by molar-refractivity contribution is -0.111. The van der Waals surface area contributed by atoms with Crippen LogP contribution >= 0.6 is 0 Å². The number of benzene rings is 1. The Morgan fingerprint density at radius 1 is 1.36 bits per heavy atom. The molecule has 1 atom stereocenters. The normalized spacial score (nSPS) is 12.4. The monoisotopic (exact) mass is 166 g/mol. The van der Waals surface area contributed by atoms with E-state index in [0.29, 0.717) is 0 Å². The highest BCUT2D eigenvalue weighted by Crippen LogP contribution is 2.08. The van der Waals surface area contributed by atoms with Crippen LogP contribution in [0.1, 0.15) is 0 Å². The van der Waals surface area contributed by atoms with Crippen LogP contribution in [0.4, 0.5) is 0 Å². The third kappa shape index (κ3) is 2.55. The molecule has 0 spiro atoms. The Labute approximate surface area is 68.6 Å². The van der Waals surface area contributed by atoms with E-state index in [1.54, 1.807) is 0 Å². The van der Waals surface area contributed by atoms with E-state index in [2.05, 4.69) is 0 Å². The average Bonchev–Trinajstić information content (AvgIpc) is 2.06. The number of ether oxygens (including phenoxy) is 1. The molecule has 3 heteroatoms. The molecule has 0 aliphatic rings. The van der Waals surface area contributed by atoms with Gasteiger partial charge in [-0.2, -0.15) is 0 Å². The second-order valence-corrected chi connectivity index (χ2v) is 3.41. The number of para-hydroxylation sites is 1. The first kappa shape index (κ1) is 8.01. The van der Waals surface area contributed by atoms with Crippen molar-refractivity contribution in [2.75, 3.05) is 0 Å². The summed E-state index contributed by atoms with van der Waals surface area (Å²) in [6, 6.07) is 9.36. The van der Waals surface area contributed by atoms with E-state index >= 15 is 0 Å². The molecule has 0 amide bonds. The first-order valence-corrected chi connectivity index (χ1v) is 4.65. The van der Waals surface area contributed by atoms with Gasteiger partial charge in [-0.3, -0.25) is 4.79 Å². The molecule has 0 aromatic heterocycles. The van der Waals surface area contributed by atoms with Crippen molar-refractivity contribution in [2.24, 2.45) is 0 Å². The molecular weight excluding hydrogens is 156 g/mol. The number of carbonyl (C=O) groups is 1. The highest BCUT2D eigenvalue weighted by Gasteiger charge is 1.98. The number of rotatable bonds is 3. The molecule has 1 unspecified atom stereocenters. The molecule has 1 aromatic rings. The zero-order valence-corrected chi connectivity index (χ0v) is 8.36. The summed E-state index contributed by atoms with van der Waals surface area (Å²) >= 11 is 0. The lowest BCUT2D eigenvalue weighted by Crippen LogP contribution is -2.17. The van der Waals surface area contributed by atoms with E-state index in [1.807, 2.05) is 30.3 Å². The Bertz CT molecular complexity index is 223. The summed E-state index contributed by atoms with van der Waals surface area (Å²) in [6.07, 6.45) is 0.833. The maximum absolute atomic E-state index is 10.2. The predicted molar refractivity (Wildman–Crippen MR) is 46.9 cm³/mol. The Morgan fingerprint density at radius 3 is 2.55 bits per heavy atom. The van der Waals surface area contributed by atoms with Crippen LogP contribution in [0.25, 0.3) is 0 Å². The van der Waals surface area contributed by atoms with E-state index in [9.17, 15) is 4.79 Å². The minimum atomic E-state index is -0.225. The van der Waals surface area contributed by atoms with Crippen molar-refractivity contribution in [1.82, 2.24) is 0 Å². The summed E-state index contributed by atoms with van der Waals surface area (Å²) in [5.41, 5.74) is -0.225. The number of aldehydes is 1. The minimum Gasteiger partial charge on any atom is -0.488 e. The van der Waals surface area contributed by atoms with Gasteiger partial charge in [0.05, 0.1) is 10.2 Å². The van der Waals surface area contributed by atoms with E-state index in [1.165, 1.54) is 0 Å². The molecule has 0 fully saturated rings. The van der Waals surface area contributed by atoms with E-state index < -0.39 is 0 Å². The van der Waals surface area contributed by atoms with Crippen molar-refractivity contribution in [3.8, 4) is 5.75 Å². The van der Waals surface area contributed by atoms with Crippen molar-refractivity contribution in [1.29, 1.82) is 0 Å². The quantitative estimate of drug-likeness (QED) is 0.465. The third-order valence-electron chi connectivity index (χ3n) is 1.26. The van der Waals surface area contributed by atoms with Crippen molar-refractivity contribution in [2.45, 2.75) is 5.73 Å². The van der Waals surface area contributed by atoms with Gasteiger partial charge in [-0.1, -0.05) is 18.2 Å². The second-order valence-electron chi connectivity index (χ2n) is 2.27. The molecule has 11 heavy (non-hydrogen) atoms. The largest absolute Gasteiger partial charge is 0.488 e. The van der Waals surface area contributed by atoms with Gasteiger partial charge in [0, 0.05) is 0 Å². The van der Waals surface area contributed by atoms with Gasteiger partial charge < -0.3 is 4.74 Å². The first-order valence-electron chi connectivity index (χ1n) is 3.50. The highest BCUT2D eigenvalue weighted by molar-refractivity contribution is 6.19. The summed E-state index contributed by atoms with van der Waals surface area (Å²) in [5, 5.41) is 0. The topological polar surface area (TPSA) is 26.3 Å². The average molecular weight is 166 g/mol. The maximum Gasteiger partial charge on any atom is 0.155 e. The fourth-order valence-corrected chi connectivity index (χ4v) is 1.01. The van der Waals surface area contributed by atoms with Crippen LogP contribution in [0.2, 0.25) is 0 Å². The van der Waals surface area contributed by atoms with Crippen molar-refractivity contribution in [3.05, 3.63) is 30.3 Å². The maximum atomic E-state index is 10.2. The zero-order valence-electron chi connectivity index (χ0n) is 6.36. The molecule has 0 N–H and O–H groups in total. The lowest BCUT2D eigenvalue weighted by Gasteiger charge is -2.07. The molecule has 0 radical (unpaired) electrons. The summed E-state index contributed by atoms with van der Waals surface area (Å²) < 4.78 is 5.26. The molecular formula is C8H10O2Si. The van der Waals surface area contributed by atoms with Gasteiger partial charge in [-0.05, 0) is 12.1 Å². The van der Waals surface area contributed by atoms with Gasteiger partial charge in [-0.25, -0.2) is 0 Å². The van der Waals surface area contributed by atoms with Gasteiger partial charge >= 0.3 is 0 Å². The smallest absolute Gasteiger partial charge is 0.155 e. The molecule has 0 saturated heterocycles. The molecule has 0 saturated carbocycles. The summed E-state index contributed by atoms with van der Waals surface area (Å²) in [7, 11) is 0.734. The van der Waals surface area contributed by atoms with Crippen molar-refractivity contribution < 1.29 is 9.53 Å². The molecule has 58 valence electrons. The van der Waals surface area contributed by atoms with Crippen LogP contribution in [-0.2, 0) is 4.79 Å². The van der Waals surface area contributed by atoms with Crippen LogP contribution in [0, 0.1) is 0 Å². The molecule has 0 bridgehead atoms. The fourth-order valence-electron chi connectivity index (χ4n) is 0.741. The first-order chi connectivity index (χ1) is 5.33. The third-order valence-corrected chi connectivity index (χ3v) is 1.76. The molecule has 1 aromatic carbocycles. The van der Waals surface area contributed by atoms with Crippen LogP contribution in [0.3, 0.4) is 0 Å². The molecule has 0 heterocycles. The predicted octanol–water partition coefficient (Wildman–Crippen LogP) is -0.0442. The number of carbonyl (C=O) groups excluding carboxylic acids is 1. The highest BCUT2D eigenvalue weighted by atomic mass is 28.1. The van der Waals surface area contributed by atoms with E-state index in [-0.39, 0.29) is 5.73 Å². The van der Waals surface area contributed by atoms with E-state index in [0.717, 1.165) is 22.3 Å². The van der Waals surface area contributed by atoms with Gasteiger partial charge in [0.2, 0.25) is 0 Å². The summed E-state index contributed by atoms with van der Waals surface area (Å²) in [5.74, 6) is 0.764. The molecule has 1 rings (SSSR count). The van der Waals surface area contributed by atoms with Crippen LogP contribution in [0.15, 0.2) is 30.3 Å². The SMILES string of the molecule is O=CC([SiH3])Oc1ccccc1. The van der Waals surface area contributed by atoms with Crippen LogP contribution in [0.5, 0.6) is 5.75 Å². The Balaban J connectivity index is 2.57. The van der Waals surface area contributed by atoms with Gasteiger partial charge in [0.25, 0.3) is 0 Å². The lowest BCUT2D eigenvalue weighted by atomic mass is 10.3. The Hall–Kier alpha value is -1.09. The number of hydrogen-bond acceptors (Lipinski definition) is 2.